The molecule has 16 heteroatoms. The second-order valence-electron chi connectivity index (χ2n) is 18.2. The highest BCUT2D eigenvalue weighted by Crippen LogP contribution is 2.39. The van der Waals surface area contributed by atoms with Crippen molar-refractivity contribution in [3.8, 4) is 5.75 Å². The molecule has 1 aliphatic carbocycles. The van der Waals surface area contributed by atoms with Crippen LogP contribution in [0.4, 0.5) is 0 Å². The molecule has 1 aliphatic heterocycles. The van der Waals surface area contributed by atoms with Crippen molar-refractivity contribution in [1.29, 1.82) is 0 Å². The molecular formula is C49H61N7O9. The van der Waals surface area contributed by atoms with E-state index in [0.717, 1.165) is 36.6 Å². The number of para-hydroxylation sites is 1. The maximum Gasteiger partial charge on any atom is 0.344 e. The summed E-state index contributed by atoms with van der Waals surface area (Å²) in [5, 5.41) is 18.8. The Hall–Kier alpha value is -6.39. The van der Waals surface area contributed by atoms with Gasteiger partial charge in [0.1, 0.15) is 29.6 Å². The fourth-order valence-electron chi connectivity index (χ4n) is 8.77. The van der Waals surface area contributed by atoms with E-state index in [1.165, 1.54) is 6.07 Å². The van der Waals surface area contributed by atoms with Crippen LogP contribution in [-0.4, -0.2) is 106 Å². The summed E-state index contributed by atoms with van der Waals surface area (Å²) in [5.74, 6) is -3.31. The number of aliphatic carboxylic acids is 1. The largest absolute Gasteiger partial charge is 0.482 e. The van der Waals surface area contributed by atoms with E-state index >= 15 is 0 Å². The quantitative estimate of drug-likeness (QED) is 0.0739. The van der Waals surface area contributed by atoms with Crippen LogP contribution in [-0.2, 0) is 41.6 Å². The van der Waals surface area contributed by atoms with Crippen molar-refractivity contribution in [2.45, 2.75) is 108 Å². The van der Waals surface area contributed by atoms with E-state index in [1.807, 2.05) is 63.2 Å². The van der Waals surface area contributed by atoms with Crippen molar-refractivity contribution >= 4 is 46.5 Å². The summed E-state index contributed by atoms with van der Waals surface area (Å²) in [6.45, 7) is 5.88. The molecule has 0 unspecified atom stereocenters. The van der Waals surface area contributed by atoms with Crippen LogP contribution in [0.25, 0.3) is 10.9 Å². The van der Waals surface area contributed by atoms with Gasteiger partial charge in [-0.1, -0.05) is 86.0 Å². The topological polar surface area (TPSA) is 245 Å². The molecule has 4 amide bonds. The van der Waals surface area contributed by atoms with Crippen LogP contribution in [0.5, 0.6) is 5.75 Å². The number of esters is 1. The molecule has 8 N–H and O–H groups in total. The van der Waals surface area contributed by atoms with Crippen LogP contribution in [0.3, 0.4) is 0 Å². The lowest BCUT2D eigenvalue weighted by Gasteiger charge is -2.47. The molecule has 16 nitrogen and oxygen atoms in total. The number of fused-ring (bicyclic) bond motifs is 2. The first-order valence-electron chi connectivity index (χ1n) is 22.3. The predicted molar refractivity (Wildman–Crippen MR) is 243 cm³/mol. The smallest absolute Gasteiger partial charge is 0.344 e. The summed E-state index contributed by atoms with van der Waals surface area (Å²) < 4.78 is 12.1. The monoisotopic (exact) mass is 891 g/mol. The number of carbonyl (C=O) groups excluding carboxylic acids is 5. The van der Waals surface area contributed by atoms with E-state index < -0.39 is 78.5 Å². The highest BCUT2D eigenvalue weighted by Gasteiger charge is 2.43. The number of piperidine rings is 1. The lowest BCUT2D eigenvalue weighted by molar-refractivity contribution is -0.156. The third-order valence-corrected chi connectivity index (χ3v) is 12.0. The van der Waals surface area contributed by atoms with Crippen LogP contribution >= 0.6 is 0 Å². The number of hydrogen-bond donors (Lipinski definition) is 6. The van der Waals surface area contributed by atoms with Gasteiger partial charge in [-0.05, 0) is 93.7 Å². The van der Waals surface area contributed by atoms with Gasteiger partial charge in [0.2, 0.25) is 17.7 Å². The van der Waals surface area contributed by atoms with Crippen molar-refractivity contribution in [3.05, 3.63) is 108 Å². The first-order valence-corrected chi connectivity index (χ1v) is 22.3. The lowest BCUT2D eigenvalue weighted by atomic mass is 9.72. The number of hydrogen-bond acceptors (Lipinski definition) is 11. The molecule has 65 heavy (non-hydrogen) atoms. The number of aromatic nitrogens is 1. The Morgan fingerprint density at radius 2 is 1.52 bits per heavy atom. The number of nitrogens with zero attached hydrogens (tertiary/aromatic N) is 2. The van der Waals surface area contributed by atoms with Crippen molar-refractivity contribution in [3.63, 3.8) is 0 Å². The van der Waals surface area contributed by atoms with Gasteiger partial charge in [0.25, 0.3) is 5.91 Å². The van der Waals surface area contributed by atoms with Gasteiger partial charge in [0.05, 0.1) is 24.0 Å². The third-order valence-electron chi connectivity index (χ3n) is 12.0. The molecule has 0 spiro atoms. The van der Waals surface area contributed by atoms with Gasteiger partial charge in [-0.2, -0.15) is 0 Å². The van der Waals surface area contributed by atoms with E-state index in [-0.39, 0.29) is 31.0 Å². The first kappa shape index (κ1) is 48.1. The van der Waals surface area contributed by atoms with Gasteiger partial charge in [-0.15, -0.1) is 0 Å². The minimum atomic E-state index is -1.43. The molecule has 1 saturated carbocycles. The zero-order valence-electron chi connectivity index (χ0n) is 37.2. The Labute approximate surface area is 379 Å². The fourth-order valence-corrected chi connectivity index (χ4v) is 8.77. The van der Waals surface area contributed by atoms with E-state index in [2.05, 4.69) is 25.8 Å². The van der Waals surface area contributed by atoms with Crippen molar-refractivity contribution < 1.29 is 43.3 Å². The molecule has 3 aromatic carbocycles. The zero-order chi connectivity index (χ0) is 46.7. The first-order chi connectivity index (χ1) is 31.0. The number of carbonyl (C=O) groups is 6. The normalized spacial score (nSPS) is 19.4. The van der Waals surface area contributed by atoms with Crippen LogP contribution in [0, 0.1) is 11.8 Å². The predicted octanol–water partition coefficient (Wildman–Crippen LogP) is 3.68. The minimum absolute atomic E-state index is 0.0304. The molecule has 1 aromatic heterocycles. The van der Waals surface area contributed by atoms with E-state index in [1.54, 1.807) is 42.5 Å². The molecule has 4 aromatic rings. The van der Waals surface area contributed by atoms with Gasteiger partial charge in [0.15, 0.2) is 6.61 Å². The Kier molecular flexibility index (Phi) is 16.3. The summed E-state index contributed by atoms with van der Waals surface area (Å²) in [5.41, 5.74) is 12.9. The minimum Gasteiger partial charge on any atom is -0.482 e. The number of nitrogens with one attached hydrogen (secondary N) is 3. The van der Waals surface area contributed by atoms with Crippen molar-refractivity contribution in [2.24, 2.45) is 23.3 Å². The number of carboxylic acid groups (broad SMARTS) is 1. The Morgan fingerprint density at radius 1 is 0.846 bits per heavy atom. The fraction of sp³-hybridized carbons (Fsp3) is 0.449. The number of amides is 4. The zero-order valence-corrected chi connectivity index (χ0v) is 37.2. The van der Waals surface area contributed by atoms with Crippen LogP contribution < -0.4 is 32.2 Å². The number of nitrogens with two attached hydrogens (primary N) is 2. The molecule has 0 bridgehead atoms. The van der Waals surface area contributed by atoms with E-state index in [4.69, 9.17) is 20.9 Å². The van der Waals surface area contributed by atoms with Crippen molar-refractivity contribution in [1.82, 2.24) is 25.8 Å². The number of likely N-dealkylation sites (tertiary alicyclic amines) is 1. The highest BCUT2D eigenvalue weighted by molar-refractivity contribution is 5.99. The summed E-state index contributed by atoms with van der Waals surface area (Å²) in [6, 6.07) is 22.3. The molecule has 2 aliphatic rings. The molecule has 2 heterocycles. The summed E-state index contributed by atoms with van der Waals surface area (Å²) in [7, 11) is 0. The molecule has 6 rings (SSSR count). The average Bonchev–Trinajstić information content (AvgIpc) is 3.27. The Morgan fingerprint density at radius 3 is 2.22 bits per heavy atom. The molecule has 7 atom stereocenters. The maximum absolute atomic E-state index is 14.5. The van der Waals surface area contributed by atoms with Gasteiger partial charge < -0.3 is 42.0 Å². The van der Waals surface area contributed by atoms with Gasteiger partial charge in [-0.25, -0.2) is 9.78 Å². The van der Waals surface area contributed by atoms with E-state index in [9.17, 15) is 33.9 Å². The number of rotatable bonds is 19. The van der Waals surface area contributed by atoms with Gasteiger partial charge >= 0.3 is 11.9 Å². The van der Waals surface area contributed by atoms with E-state index in [0.29, 0.717) is 41.6 Å². The number of benzene rings is 3. The van der Waals surface area contributed by atoms with Crippen LogP contribution in [0.1, 0.15) is 80.9 Å². The van der Waals surface area contributed by atoms with Crippen LogP contribution in [0.15, 0.2) is 91.0 Å². The number of carboxylic acids is 1. The second kappa shape index (κ2) is 22.0. The van der Waals surface area contributed by atoms with Gasteiger partial charge in [-0.3, -0.25) is 28.9 Å². The number of ether oxygens (including phenoxy) is 2. The van der Waals surface area contributed by atoms with Crippen molar-refractivity contribution in [2.75, 3.05) is 19.7 Å². The average molecular weight is 892 g/mol. The number of primary amides is 1. The molecule has 2 fully saturated rings. The summed E-state index contributed by atoms with van der Waals surface area (Å²) >= 11 is 0. The molecule has 0 radical (unpaired) electrons. The van der Waals surface area contributed by atoms with Crippen LogP contribution in [0.2, 0.25) is 0 Å². The second-order valence-corrected chi connectivity index (χ2v) is 18.2. The number of pyridine rings is 1. The maximum atomic E-state index is 14.5. The highest BCUT2D eigenvalue weighted by atomic mass is 16.6. The summed E-state index contributed by atoms with van der Waals surface area (Å²) in [6.07, 6.45) is 3.46. The van der Waals surface area contributed by atoms with Gasteiger partial charge in [0, 0.05) is 24.0 Å². The standard InChI is InChI=1S/C49H61N7O9/c1-49(2,3)55-47(61)41-25-33-14-7-8-15-34(33)27-56(41)28-42(65-44(58)29-64-35-20-17-31(18-21-35)23-36(50)48(62)63)39(24-30-11-5-4-6-12-30)53-46(60)40(26-43(51)57)54-45(59)38-22-19-32-13-9-10-16-37(32)52-38/h4-6,9-13,16-22,33-34,36,39-42H,7-8,14-15,23-29,50H2,1-3H3,(H2,51,57)(H,53,60)(H,54,59)(H,55,61)(H,62,63)/t33-,34+,36-,39-,40-,41-,42+/m0/s1. The lowest BCUT2D eigenvalue weighted by Crippen LogP contribution is -2.61. The molecule has 1 saturated heterocycles. The molecular weight excluding hydrogens is 831 g/mol. The SMILES string of the molecule is CC(C)(C)NC(=O)[C@@H]1C[C@@H]2CCCC[C@@H]2CN1C[C@@H](OC(=O)COc1ccc(C[C@H](N)C(=O)O)cc1)[C@H](Cc1ccccc1)NC(=O)[C@H](CC(N)=O)NC(=O)c1ccc2ccccc2n1. The Balaban J connectivity index is 1.30. The molecule has 346 valence electrons. The third kappa shape index (κ3) is 14.0. The Bertz CT molecular complexity index is 2300. The summed E-state index contributed by atoms with van der Waals surface area (Å²) in [4.78, 5) is 86.4.